The Morgan fingerprint density at radius 2 is 1.92 bits per heavy atom. The predicted molar refractivity (Wildman–Crippen MR) is 95.3 cm³/mol. The van der Waals surface area contributed by atoms with Crippen molar-refractivity contribution >= 4 is 17.8 Å². The minimum atomic E-state index is -0.770. The van der Waals surface area contributed by atoms with Crippen LogP contribution in [0.2, 0.25) is 0 Å². The molecule has 1 aromatic carbocycles. The third-order valence-electron chi connectivity index (χ3n) is 4.89. The molecule has 0 saturated carbocycles. The summed E-state index contributed by atoms with van der Waals surface area (Å²) >= 11 is 0. The molecule has 7 heteroatoms. The number of ether oxygens (including phenoxy) is 1. The van der Waals surface area contributed by atoms with Crippen LogP contribution in [0.1, 0.15) is 24.8 Å². The minimum absolute atomic E-state index is 0.0182. The van der Waals surface area contributed by atoms with E-state index in [4.69, 9.17) is 4.74 Å². The quantitative estimate of drug-likeness (QED) is 0.713. The molecular weight excluding hydrogens is 334 g/mol. The molecule has 3 rings (SSSR count). The maximum absolute atomic E-state index is 12.4. The van der Waals surface area contributed by atoms with Gasteiger partial charge in [-0.05, 0) is 30.7 Å². The van der Waals surface area contributed by atoms with Crippen molar-refractivity contribution in [2.24, 2.45) is 5.92 Å². The zero-order chi connectivity index (χ0) is 18.4. The third kappa shape index (κ3) is 4.82. The van der Waals surface area contributed by atoms with E-state index in [1.165, 1.54) is 4.90 Å². The highest BCUT2D eigenvalue weighted by molar-refractivity contribution is 6.05. The molecule has 2 saturated heterocycles. The Kier molecular flexibility index (Phi) is 6.22. The average molecular weight is 359 g/mol. The van der Waals surface area contributed by atoms with Gasteiger partial charge in [-0.25, -0.2) is 4.79 Å². The molecule has 0 spiro atoms. The van der Waals surface area contributed by atoms with Crippen LogP contribution >= 0.6 is 0 Å². The lowest BCUT2D eigenvalue weighted by molar-refractivity contribution is -0.130. The number of nitrogens with zero attached hydrogens (tertiary/aromatic N) is 1. The summed E-state index contributed by atoms with van der Waals surface area (Å²) in [6.07, 6.45) is 2.46. The van der Waals surface area contributed by atoms with Crippen LogP contribution in [0.3, 0.4) is 0 Å². The van der Waals surface area contributed by atoms with Gasteiger partial charge in [-0.15, -0.1) is 0 Å². The van der Waals surface area contributed by atoms with Gasteiger partial charge in [0.2, 0.25) is 5.91 Å². The number of hydrogen-bond donors (Lipinski definition) is 2. The fourth-order valence-corrected chi connectivity index (χ4v) is 3.28. The van der Waals surface area contributed by atoms with E-state index in [-0.39, 0.29) is 18.2 Å². The smallest absolute Gasteiger partial charge is 0.324 e. The molecule has 0 unspecified atom stereocenters. The second-order valence-electron chi connectivity index (χ2n) is 6.79. The molecule has 7 nitrogen and oxygen atoms in total. The highest BCUT2D eigenvalue weighted by atomic mass is 16.5. The van der Waals surface area contributed by atoms with Crippen molar-refractivity contribution in [3.8, 4) is 0 Å². The first-order valence-electron chi connectivity index (χ1n) is 9.13. The highest BCUT2D eigenvalue weighted by Crippen LogP contribution is 2.14. The van der Waals surface area contributed by atoms with Crippen molar-refractivity contribution in [3.63, 3.8) is 0 Å². The van der Waals surface area contributed by atoms with Crippen LogP contribution in [-0.2, 0) is 20.7 Å². The lowest BCUT2D eigenvalue weighted by Gasteiger charge is -2.22. The van der Waals surface area contributed by atoms with Crippen LogP contribution in [-0.4, -0.2) is 55.1 Å². The maximum Gasteiger partial charge on any atom is 0.324 e. The monoisotopic (exact) mass is 359 g/mol. The van der Waals surface area contributed by atoms with Crippen LogP contribution in [0.25, 0.3) is 0 Å². The lowest BCUT2D eigenvalue weighted by atomic mass is 10.0. The first kappa shape index (κ1) is 18.4. The fraction of sp³-hybridized carbons (Fsp3) is 0.526. The third-order valence-corrected chi connectivity index (χ3v) is 4.89. The Morgan fingerprint density at radius 3 is 2.65 bits per heavy atom. The molecule has 2 fully saturated rings. The Hall–Kier alpha value is -2.41. The van der Waals surface area contributed by atoms with E-state index in [9.17, 15) is 14.4 Å². The van der Waals surface area contributed by atoms with Crippen molar-refractivity contribution in [3.05, 3.63) is 35.9 Å². The number of hydrogen-bond acceptors (Lipinski definition) is 4. The Balaban J connectivity index is 1.44. The van der Waals surface area contributed by atoms with Crippen LogP contribution in [0, 0.1) is 5.92 Å². The van der Waals surface area contributed by atoms with Gasteiger partial charge in [-0.2, -0.15) is 0 Å². The van der Waals surface area contributed by atoms with Crippen molar-refractivity contribution in [2.45, 2.75) is 31.7 Å². The summed E-state index contributed by atoms with van der Waals surface area (Å²) < 4.78 is 5.30. The topological polar surface area (TPSA) is 87.7 Å². The van der Waals surface area contributed by atoms with E-state index in [1.807, 2.05) is 30.3 Å². The van der Waals surface area contributed by atoms with Gasteiger partial charge in [0.1, 0.15) is 6.04 Å². The van der Waals surface area contributed by atoms with Crippen LogP contribution < -0.4 is 10.6 Å². The Bertz CT molecular complexity index is 643. The molecule has 0 bridgehead atoms. The molecule has 1 aromatic rings. The summed E-state index contributed by atoms with van der Waals surface area (Å²) in [7, 11) is 0. The van der Waals surface area contributed by atoms with Gasteiger partial charge in [0.05, 0.1) is 6.42 Å². The molecule has 1 atom stereocenters. The maximum atomic E-state index is 12.4. The van der Waals surface area contributed by atoms with Crippen LogP contribution in [0.15, 0.2) is 30.3 Å². The minimum Gasteiger partial charge on any atom is -0.381 e. The molecule has 140 valence electrons. The van der Waals surface area contributed by atoms with Gasteiger partial charge < -0.3 is 15.4 Å². The number of carbonyl (C=O) groups excluding carboxylic acids is 3. The summed E-state index contributed by atoms with van der Waals surface area (Å²) in [4.78, 5) is 37.8. The predicted octanol–water partition coefficient (Wildman–Crippen LogP) is 1.08. The summed E-state index contributed by atoms with van der Waals surface area (Å²) in [5.74, 6) is -0.115. The molecule has 4 amide bonds. The van der Waals surface area contributed by atoms with Crippen molar-refractivity contribution < 1.29 is 19.1 Å². The molecule has 2 heterocycles. The number of carbonyl (C=O) groups is 3. The van der Waals surface area contributed by atoms with Crippen molar-refractivity contribution in [2.75, 3.05) is 26.3 Å². The van der Waals surface area contributed by atoms with E-state index in [0.29, 0.717) is 25.4 Å². The molecule has 2 aliphatic rings. The lowest BCUT2D eigenvalue weighted by Crippen LogP contribution is -2.39. The number of rotatable bonds is 7. The number of amides is 4. The average Bonchev–Trinajstić information content (AvgIpc) is 2.93. The van der Waals surface area contributed by atoms with Gasteiger partial charge in [0.15, 0.2) is 0 Å². The van der Waals surface area contributed by atoms with Gasteiger partial charge in [0.25, 0.3) is 5.91 Å². The molecule has 0 radical (unpaired) electrons. The van der Waals surface area contributed by atoms with Crippen LogP contribution in [0.4, 0.5) is 4.79 Å². The largest absolute Gasteiger partial charge is 0.381 e. The van der Waals surface area contributed by atoms with E-state index < -0.39 is 12.1 Å². The van der Waals surface area contributed by atoms with Gasteiger partial charge in [-0.1, -0.05) is 30.3 Å². The molecule has 2 aliphatic heterocycles. The normalized spacial score (nSPS) is 20.9. The van der Waals surface area contributed by atoms with Gasteiger partial charge >= 0.3 is 6.03 Å². The zero-order valence-electron chi connectivity index (χ0n) is 14.8. The first-order valence-corrected chi connectivity index (χ1v) is 9.13. The molecule has 0 aromatic heterocycles. The van der Waals surface area contributed by atoms with E-state index in [1.54, 1.807) is 0 Å². The van der Waals surface area contributed by atoms with E-state index in [0.717, 1.165) is 31.6 Å². The second-order valence-corrected chi connectivity index (χ2v) is 6.79. The molecular formula is C19H25N3O4. The SMILES string of the molecule is O=C(C[C@H]1NC(=O)N(CCc2ccccc2)C1=O)NCC1CCOCC1. The summed E-state index contributed by atoms with van der Waals surface area (Å²) in [6.45, 7) is 2.37. The number of imide groups is 1. The van der Waals surface area contributed by atoms with E-state index >= 15 is 0 Å². The standard InChI is InChI=1S/C19H25N3O4/c23-17(20-13-15-7-10-26-11-8-15)12-16-18(24)22(19(25)21-16)9-6-14-4-2-1-3-5-14/h1-5,15-16H,6-13H2,(H,20,23)(H,21,25)/t16-/m1/s1. The van der Waals surface area contributed by atoms with Crippen molar-refractivity contribution in [1.82, 2.24) is 15.5 Å². The number of nitrogens with one attached hydrogen (secondary N) is 2. The number of benzene rings is 1. The second kappa shape index (κ2) is 8.80. The fourth-order valence-electron chi connectivity index (χ4n) is 3.28. The molecule has 26 heavy (non-hydrogen) atoms. The van der Waals surface area contributed by atoms with Crippen molar-refractivity contribution in [1.29, 1.82) is 0 Å². The van der Waals surface area contributed by atoms with Gasteiger partial charge in [-0.3, -0.25) is 14.5 Å². The molecule has 2 N–H and O–H groups in total. The number of urea groups is 1. The molecule has 0 aliphatic carbocycles. The van der Waals surface area contributed by atoms with Crippen LogP contribution in [0.5, 0.6) is 0 Å². The highest BCUT2D eigenvalue weighted by Gasteiger charge is 2.38. The summed E-state index contributed by atoms with van der Waals surface area (Å²) in [6, 6.07) is 8.49. The first-order chi connectivity index (χ1) is 12.6. The van der Waals surface area contributed by atoms with Gasteiger partial charge in [0, 0.05) is 26.3 Å². The summed E-state index contributed by atoms with van der Waals surface area (Å²) in [5.41, 5.74) is 1.06. The Labute approximate surface area is 153 Å². The Morgan fingerprint density at radius 1 is 1.19 bits per heavy atom. The van der Waals surface area contributed by atoms with E-state index in [2.05, 4.69) is 10.6 Å². The zero-order valence-corrected chi connectivity index (χ0v) is 14.8. The summed E-state index contributed by atoms with van der Waals surface area (Å²) in [5, 5.41) is 5.49.